The van der Waals surface area contributed by atoms with Gasteiger partial charge in [0.1, 0.15) is 24.2 Å². The van der Waals surface area contributed by atoms with Crippen LogP contribution in [-0.2, 0) is 24.9 Å². The number of benzene rings is 1. The summed E-state index contributed by atoms with van der Waals surface area (Å²) in [5.74, 6) is 1.28. The number of hydrogen-bond donors (Lipinski definition) is 0. The van der Waals surface area contributed by atoms with Gasteiger partial charge in [0.25, 0.3) is 8.32 Å². The molecule has 8 nitrogen and oxygen atoms in total. The normalized spacial score (nSPS) is 17.7. The molecule has 0 saturated carbocycles. The van der Waals surface area contributed by atoms with E-state index in [1.54, 1.807) is 11.2 Å². The van der Waals surface area contributed by atoms with Crippen LogP contribution < -0.4 is 5.01 Å². The van der Waals surface area contributed by atoms with E-state index in [9.17, 15) is 4.79 Å². The summed E-state index contributed by atoms with van der Waals surface area (Å²) in [7, 11) is -4.51. The largest absolute Gasteiger partial charge is 0.544 e. The molecular formula is C38H60Cl3N3O5Si2. The minimum absolute atomic E-state index is 0.0682. The second-order valence-electron chi connectivity index (χ2n) is 15.9. The fourth-order valence-corrected chi connectivity index (χ4v) is 13.3. The summed E-state index contributed by atoms with van der Waals surface area (Å²) in [4.78, 5) is 19.1. The van der Waals surface area contributed by atoms with E-state index in [2.05, 4.69) is 81.5 Å². The smallest absolute Gasteiger partial charge is 0.429 e. The number of carbonyl (C=O) groups is 1. The number of ether oxygens (including phenoxy) is 2. The molecule has 1 aliphatic rings. The Morgan fingerprint density at radius 2 is 1.53 bits per heavy atom. The van der Waals surface area contributed by atoms with E-state index in [4.69, 9.17) is 58.1 Å². The summed E-state index contributed by atoms with van der Waals surface area (Å²) in [5.41, 5.74) is 1.94. The number of hydrazine groups is 1. The molecule has 2 aromatic rings. The molecule has 1 aromatic carbocycles. The lowest BCUT2D eigenvalue weighted by molar-refractivity contribution is 0.0481. The highest BCUT2D eigenvalue weighted by Gasteiger charge is 2.51. The van der Waals surface area contributed by atoms with Crippen LogP contribution in [0.5, 0.6) is 0 Å². The second-order valence-corrected chi connectivity index (χ2v) is 28.6. The van der Waals surface area contributed by atoms with Gasteiger partial charge in [0.2, 0.25) is 3.79 Å². The van der Waals surface area contributed by atoms with E-state index in [1.165, 1.54) is 0 Å². The van der Waals surface area contributed by atoms with Gasteiger partial charge in [-0.2, -0.15) is 0 Å². The van der Waals surface area contributed by atoms with Crippen LogP contribution >= 0.6 is 34.8 Å². The highest BCUT2D eigenvalue weighted by molar-refractivity contribution is 6.78. The Hall–Kier alpha value is -1.80. The molecule has 0 fully saturated rings. The Labute approximate surface area is 324 Å². The first-order chi connectivity index (χ1) is 23.7. The van der Waals surface area contributed by atoms with Crippen molar-refractivity contribution in [3.63, 3.8) is 0 Å². The zero-order valence-corrected chi connectivity index (χ0v) is 36.7. The summed E-state index contributed by atoms with van der Waals surface area (Å²) in [6.45, 7) is 25.5. The minimum Gasteiger partial charge on any atom is -0.544 e. The number of halogens is 3. The third kappa shape index (κ3) is 11.6. The topological polar surface area (TPSA) is 73.4 Å². The summed E-state index contributed by atoms with van der Waals surface area (Å²) >= 11 is 18.3. The fraction of sp³-hybridized carbons (Fsp3) is 0.632. The van der Waals surface area contributed by atoms with Crippen LogP contribution in [0.25, 0.3) is 0 Å². The van der Waals surface area contributed by atoms with Gasteiger partial charge >= 0.3 is 6.09 Å². The molecule has 1 aromatic heterocycles. The van der Waals surface area contributed by atoms with Gasteiger partial charge in [0.15, 0.2) is 8.32 Å². The monoisotopic (exact) mass is 799 g/mol. The molecule has 0 saturated heterocycles. The summed E-state index contributed by atoms with van der Waals surface area (Å²) in [5, 5.41) is 3.52. The highest BCUT2D eigenvalue weighted by atomic mass is 35.6. The molecule has 2 heterocycles. The predicted molar refractivity (Wildman–Crippen MR) is 216 cm³/mol. The number of alkyl halides is 3. The fourth-order valence-electron chi connectivity index (χ4n) is 6.73. The van der Waals surface area contributed by atoms with Gasteiger partial charge in [-0.05, 0) is 71.4 Å². The van der Waals surface area contributed by atoms with E-state index in [0.717, 1.165) is 11.3 Å². The van der Waals surface area contributed by atoms with Gasteiger partial charge in [-0.3, -0.25) is 5.01 Å². The molecule has 13 heteroatoms. The first-order valence-corrected chi connectivity index (χ1v) is 24.3. The molecule has 0 radical (unpaired) electrons. The standard InChI is InChI=1S/C38H60Cl3N3O5Si2/c1-28(2)51(29(3)4,30(5)6)49-34-24-32(26-46-25-31-18-13-12-14-19-31)43(35-21-15-16-22-42-35)44(36(45)47-27-38(39,40)41)33(34)20-17-23-48-50(10,11)37(7,8)9/h12-16,18-19,21-22,24,28-30,32-33H,17,20,23,25-27H2,1-11H3/t32-,33-/m0/s1. The third-order valence-electron chi connectivity index (χ3n) is 10.2. The molecule has 0 unspecified atom stereocenters. The van der Waals surface area contributed by atoms with Crippen LogP contribution in [0, 0.1) is 0 Å². The molecule has 1 aliphatic heterocycles. The summed E-state index contributed by atoms with van der Waals surface area (Å²) in [6.07, 6.45) is 4.39. The average Bonchev–Trinajstić information content (AvgIpc) is 3.04. The van der Waals surface area contributed by atoms with Gasteiger partial charge in [-0.15, -0.1) is 0 Å². The lowest BCUT2D eigenvalue weighted by Gasteiger charge is -2.51. The third-order valence-corrected chi connectivity index (χ3v) is 21.1. The zero-order chi connectivity index (χ0) is 38.2. The van der Waals surface area contributed by atoms with E-state index in [1.807, 2.05) is 53.5 Å². The second kappa shape index (κ2) is 18.5. The predicted octanol–water partition coefficient (Wildman–Crippen LogP) is 11.5. The highest BCUT2D eigenvalue weighted by Crippen LogP contribution is 2.46. The van der Waals surface area contributed by atoms with Crippen molar-refractivity contribution in [3.8, 4) is 0 Å². The molecule has 51 heavy (non-hydrogen) atoms. The molecule has 286 valence electrons. The first-order valence-electron chi connectivity index (χ1n) is 18.1. The van der Waals surface area contributed by atoms with E-state index in [-0.39, 0.29) is 11.6 Å². The molecule has 0 spiro atoms. The molecule has 2 atom stereocenters. The number of amides is 1. The van der Waals surface area contributed by atoms with Crippen molar-refractivity contribution in [3.05, 3.63) is 72.1 Å². The lowest BCUT2D eigenvalue weighted by atomic mass is 10.0. The number of anilines is 1. The van der Waals surface area contributed by atoms with Crippen LogP contribution in [-0.4, -0.2) is 68.4 Å². The Morgan fingerprint density at radius 1 is 0.922 bits per heavy atom. The maximum Gasteiger partial charge on any atom is 0.429 e. The van der Waals surface area contributed by atoms with Gasteiger partial charge < -0.3 is 18.3 Å². The van der Waals surface area contributed by atoms with Crippen LogP contribution in [0.15, 0.2) is 66.6 Å². The van der Waals surface area contributed by atoms with Crippen molar-refractivity contribution in [1.29, 1.82) is 0 Å². The van der Waals surface area contributed by atoms with Crippen LogP contribution in [0.1, 0.15) is 80.7 Å². The SMILES string of the molecule is CC(C)[Si](OC1=C[C@@H](COCc2ccccc2)N(c2ccccn2)N(C(=O)OCC(Cl)(Cl)Cl)[C@H]1CCCO[Si](C)(C)C(C)(C)C)(C(C)C)C(C)C. The summed E-state index contributed by atoms with van der Waals surface area (Å²) < 4.78 is 24.4. The van der Waals surface area contributed by atoms with Gasteiger partial charge in [-0.25, -0.2) is 14.8 Å². The Balaban J connectivity index is 2.19. The van der Waals surface area contributed by atoms with Crippen molar-refractivity contribution in [2.45, 2.75) is 132 Å². The summed E-state index contributed by atoms with van der Waals surface area (Å²) in [6, 6.07) is 14.6. The number of pyridine rings is 1. The number of carbonyl (C=O) groups excluding carboxylic acids is 1. The van der Waals surface area contributed by atoms with Crippen molar-refractivity contribution in [2.75, 3.05) is 24.8 Å². The maximum absolute atomic E-state index is 14.4. The number of rotatable bonds is 16. The minimum atomic E-state index is -2.50. The molecule has 0 bridgehead atoms. The van der Waals surface area contributed by atoms with E-state index in [0.29, 0.717) is 48.5 Å². The van der Waals surface area contributed by atoms with Gasteiger partial charge in [0.05, 0.1) is 19.3 Å². The van der Waals surface area contributed by atoms with Crippen LogP contribution in [0.4, 0.5) is 10.6 Å². The average molecular weight is 801 g/mol. The van der Waals surface area contributed by atoms with Crippen molar-refractivity contribution < 1.29 is 23.1 Å². The quantitative estimate of drug-likeness (QED) is 0.0951. The van der Waals surface area contributed by atoms with Gasteiger partial charge in [0, 0.05) is 12.8 Å². The molecule has 0 N–H and O–H groups in total. The number of nitrogens with zero attached hydrogens (tertiary/aromatic N) is 3. The molecule has 0 aliphatic carbocycles. The van der Waals surface area contributed by atoms with Crippen molar-refractivity contribution in [1.82, 2.24) is 9.99 Å². The van der Waals surface area contributed by atoms with Gasteiger partial charge in [-0.1, -0.05) is 134 Å². The number of hydrogen-bond acceptors (Lipinski definition) is 7. The number of aromatic nitrogens is 1. The van der Waals surface area contributed by atoms with Crippen molar-refractivity contribution in [2.24, 2.45) is 0 Å². The van der Waals surface area contributed by atoms with E-state index < -0.39 is 45.2 Å². The maximum atomic E-state index is 14.4. The molecular weight excluding hydrogens is 741 g/mol. The first kappa shape index (κ1) is 43.6. The Kier molecular flexibility index (Phi) is 15.8. The molecule has 1 amide bonds. The Morgan fingerprint density at radius 3 is 2.06 bits per heavy atom. The lowest BCUT2D eigenvalue weighted by Crippen LogP contribution is -2.62. The van der Waals surface area contributed by atoms with E-state index >= 15 is 0 Å². The zero-order valence-electron chi connectivity index (χ0n) is 32.4. The van der Waals surface area contributed by atoms with Crippen LogP contribution in [0.2, 0.25) is 34.8 Å². The Bertz CT molecular complexity index is 1380. The van der Waals surface area contributed by atoms with Crippen LogP contribution in [0.3, 0.4) is 0 Å². The van der Waals surface area contributed by atoms with Crippen molar-refractivity contribution >= 4 is 63.3 Å². The molecule has 3 rings (SSSR count).